The van der Waals surface area contributed by atoms with Gasteiger partial charge in [-0.3, -0.25) is 0 Å². The Kier molecular flexibility index (Phi) is 5.09. The Morgan fingerprint density at radius 3 is 2.15 bits per heavy atom. The van der Waals surface area contributed by atoms with Crippen LogP contribution >= 0.6 is 23.2 Å². The molecule has 2 aromatic carbocycles. The summed E-state index contributed by atoms with van der Waals surface area (Å²) in [5.74, 6) is 0.817. The molecule has 0 heterocycles. The summed E-state index contributed by atoms with van der Waals surface area (Å²) in [6.45, 7) is 11.1. The first-order chi connectivity index (χ1) is 12.0. The Morgan fingerprint density at radius 2 is 1.62 bits per heavy atom. The zero-order valence-corrected chi connectivity index (χ0v) is 17.8. The lowest BCUT2D eigenvalue weighted by Gasteiger charge is -2.51. The Bertz CT molecular complexity index is 804. The van der Waals surface area contributed by atoms with E-state index in [1.807, 2.05) is 12.1 Å². The number of benzene rings is 2. The molecule has 0 spiro atoms. The molecule has 0 aromatic heterocycles. The average Bonchev–Trinajstić information content (AvgIpc) is 2.49. The van der Waals surface area contributed by atoms with Crippen LogP contribution in [-0.2, 0) is 5.41 Å². The summed E-state index contributed by atoms with van der Waals surface area (Å²) >= 11 is 12.8. The second kappa shape index (κ2) is 6.77. The molecule has 0 amide bonds. The van der Waals surface area contributed by atoms with Gasteiger partial charge in [0.15, 0.2) is 0 Å². The van der Waals surface area contributed by atoms with Crippen molar-refractivity contribution in [2.45, 2.75) is 59.3 Å². The monoisotopic (exact) mass is 390 g/mol. The Hall–Kier alpha value is -1.18. The van der Waals surface area contributed by atoms with Crippen LogP contribution in [0.4, 0.5) is 0 Å². The maximum atomic E-state index is 9.85. The highest BCUT2D eigenvalue weighted by atomic mass is 35.5. The second-order valence-corrected chi connectivity index (χ2v) is 10.0. The van der Waals surface area contributed by atoms with Gasteiger partial charge in [0.1, 0.15) is 5.75 Å². The Morgan fingerprint density at radius 1 is 1.00 bits per heavy atom. The van der Waals surface area contributed by atoms with Gasteiger partial charge in [0.2, 0.25) is 0 Å². The lowest BCUT2D eigenvalue weighted by Crippen LogP contribution is -2.43. The first-order valence-corrected chi connectivity index (χ1v) is 10.0. The van der Waals surface area contributed by atoms with Crippen LogP contribution < -0.4 is 0 Å². The predicted octanol–water partition coefficient (Wildman–Crippen LogP) is 7.45. The molecule has 1 aliphatic rings. The minimum atomic E-state index is -0.0741. The first kappa shape index (κ1) is 19.6. The van der Waals surface area contributed by atoms with Crippen LogP contribution in [0.25, 0.3) is 0 Å². The summed E-state index contributed by atoms with van der Waals surface area (Å²) in [6.07, 6.45) is 3.38. The van der Waals surface area contributed by atoms with E-state index >= 15 is 0 Å². The predicted molar refractivity (Wildman–Crippen MR) is 112 cm³/mol. The van der Waals surface area contributed by atoms with E-state index in [1.54, 1.807) is 6.07 Å². The van der Waals surface area contributed by atoms with Gasteiger partial charge in [-0.25, -0.2) is 0 Å². The molecule has 3 heteroatoms. The number of halogens is 2. The average molecular weight is 391 g/mol. The Balaban J connectivity index is 2.05. The van der Waals surface area contributed by atoms with Gasteiger partial charge in [-0.15, -0.1) is 0 Å². The van der Waals surface area contributed by atoms with E-state index in [0.717, 1.165) is 23.4 Å². The minimum absolute atomic E-state index is 0.0741. The fourth-order valence-electron chi connectivity index (χ4n) is 4.47. The van der Waals surface area contributed by atoms with Crippen molar-refractivity contribution in [3.05, 3.63) is 62.6 Å². The number of hydrogen-bond donors (Lipinski definition) is 1. The number of aryl methyl sites for hydroxylation is 1. The summed E-state index contributed by atoms with van der Waals surface area (Å²) in [4.78, 5) is 0. The molecule has 2 aromatic rings. The van der Waals surface area contributed by atoms with E-state index in [-0.39, 0.29) is 11.2 Å². The van der Waals surface area contributed by atoms with Gasteiger partial charge in [0, 0.05) is 10.4 Å². The minimum Gasteiger partial charge on any atom is -0.506 e. The first-order valence-electron chi connectivity index (χ1n) is 9.28. The summed E-state index contributed by atoms with van der Waals surface area (Å²) in [6, 6.07) is 10.0. The molecule has 26 heavy (non-hydrogen) atoms. The van der Waals surface area contributed by atoms with Crippen molar-refractivity contribution in [1.82, 2.24) is 0 Å². The van der Waals surface area contributed by atoms with Crippen LogP contribution in [0.2, 0.25) is 10.0 Å². The van der Waals surface area contributed by atoms with Gasteiger partial charge in [0.25, 0.3) is 0 Å². The molecule has 1 fully saturated rings. The SMILES string of the molecule is Cc1cc(C2(c3ccc(O)c(Cl)c3)CC(CC(C)(C)C)C2)cc(Cl)c1C. The zero-order valence-electron chi connectivity index (χ0n) is 16.3. The van der Waals surface area contributed by atoms with E-state index < -0.39 is 0 Å². The van der Waals surface area contributed by atoms with Crippen molar-refractivity contribution in [3.8, 4) is 5.75 Å². The van der Waals surface area contributed by atoms with Crippen LogP contribution in [0.5, 0.6) is 5.75 Å². The van der Waals surface area contributed by atoms with Crippen molar-refractivity contribution in [3.63, 3.8) is 0 Å². The largest absolute Gasteiger partial charge is 0.506 e. The summed E-state index contributed by atoms with van der Waals surface area (Å²) in [7, 11) is 0. The van der Waals surface area contributed by atoms with Gasteiger partial charge < -0.3 is 5.11 Å². The molecule has 140 valence electrons. The molecular formula is C23H28Cl2O. The zero-order chi connectivity index (χ0) is 19.3. The van der Waals surface area contributed by atoms with Gasteiger partial charge in [-0.2, -0.15) is 0 Å². The molecule has 0 radical (unpaired) electrons. The molecule has 1 N–H and O–H groups in total. The van der Waals surface area contributed by atoms with Crippen LogP contribution in [0, 0.1) is 25.2 Å². The normalized spacial score (nSPS) is 23.0. The van der Waals surface area contributed by atoms with E-state index in [0.29, 0.717) is 16.4 Å². The van der Waals surface area contributed by atoms with E-state index in [9.17, 15) is 5.11 Å². The number of aromatic hydroxyl groups is 1. The third-order valence-corrected chi connectivity index (χ3v) is 6.53. The highest BCUT2D eigenvalue weighted by Crippen LogP contribution is 2.56. The van der Waals surface area contributed by atoms with Crippen molar-refractivity contribution < 1.29 is 5.11 Å². The third kappa shape index (κ3) is 3.62. The summed E-state index contributed by atoms with van der Waals surface area (Å²) in [5.41, 5.74) is 5.04. The second-order valence-electron chi connectivity index (χ2n) is 9.19. The molecular weight excluding hydrogens is 363 g/mol. The van der Waals surface area contributed by atoms with E-state index in [4.69, 9.17) is 23.2 Å². The van der Waals surface area contributed by atoms with Crippen LogP contribution in [0.1, 0.15) is 62.3 Å². The highest BCUT2D eigenvalue weighted by molar-refractivity contribution is 6.32. The molecule has 1 nitrogen and oxygen atoms in total. The topological polar surface area (TPSA) is 20.2 Å². The van der Waals surface area contributed by atoms with E-state index in [1.165, 1.54) is 23.1 Å². The maximum absolute atomic E-state index is 9.85. The highest BCUT2D eigenvalue weighted by Gasteiger charge is 2.47. The fraction of sp³-hybridized carbons (Fsp3) is 0.478. The summed E-state index contributed by atoms with van der Waals surface area (Å²) in [5, 5.41) is 11.1. The number of phenols is 1. The van der Waals surface area contributed by atoms with Gasteiger partial charge in [0.05, 0.1) is 5.02 Å². The molecule has 0 aliphatic heterocycles. The van der Waals surface area contributed by atoms with Crippen LogP contribution in [0.15, 0.2) is 30.3 Å². The molecule has 1 aliphatic carbocycles. The molecule has 0 atom stereocenters. The van der Waals surface area contributed by atoms with Crippen molar-refractivity contribution in [2.75, 3.05) is 0 Å². The van der Waals surface area contributed by atoms with Crippen molar-refractivity contribution in [2.24, 2.45) is 11.3 Å². The van der Waals surface area contributed by atoms with E-state index in [2.05, 4.69) is 46.8 Å². The number of hydrogen-bond acceptors (Lipinski definition) is 1. The molecule has 0 unspecified atom stereocenters. The summed E-state index contributed by atoms with van der Waals surface area (Å²) < 4.78 is 0. The molecule has 1 saturated carbocycles. The van der Waals surface area contributed by atoms with Gasteiger partial charge >= 0.3 is 0 Å². The Labute approximate surface area is 167 Å². The fourth-order valence-corrected chi connectivity index (χ4v) is 4.92. The third-order valence-electron chi connectivity index (χ3n) is 5.83. The van der Waals surface area contributed by atoms with Crippen molar-refractivity contribution >= 4 is 23.2 Å². The van der Waals surface area contributed by atoms with Gasteiger partial charge in [-0.05, 0) is 84.9 Å². The number of phenolic OH excluding ortho intramolecular Hbond substituents is 1. The quantitative estimate of drug-likeness (QED) is 0.576. The van der Waals surface area contributed by atoms with Crippen LogP contribution in [0.3, 0.4) is 0 Å². The van der Waals surface area contributed by atoms with Crippen LogP contribution in [-0.4, -0.2) is 5.11 Å². The molecule has 3 rings (SSSR count). The van der Waals surface area contributed by atoms with Gasteiger partial charge in [-0.1, -0.05) is 56.1 Å². The molecule has 0 bridgehead atoms. The smallest absolute Gasteiger partial charge is 0.134 e. The lowest BCUT2D eigenvalue weighted by molar-refractivity contribution is 0.127. The lowest BCUT2D eigenvalue weighted by atomic mass is 9.53. The number of rotatable bonds is 3. The maximum Gasteiger partial charge on any atom is 0.134 e. The molecule has 0 saturated heterocycles. The van der Waals surface area contributed by atoms with Crippen molar-refractivity contribution in [1.29, 1.82) is 0 Å². The standard InChI is InChI=1S/C23H28Cl2O/c1-14-8-18(10-19(24)15(14)2)23(12-16(13-23)11-22(3,4)5)17-6-7-21(26)20(25)9-17/h6-10,16,26H,11-13H2,1-5H3.